The minimum atomic E-state index is -1.12. The molecule has 2 amide bonds. The normalized spacial score (nSPS) is 14.2. The SMILES string of the molecule is CC(C)CCNC(=O)NCC(C)(O)c1cnn(C)c1. The topological polar surface area (TPSA) is 79.2 Å². The molecule has 6 nitrogen and oxygen atoms in total. The molecule has 1 unspecified atom stereocenters. The quantitative estimate of drug-likeness (QED) is 0.719. The Bertz CT molecular complexity index is 413. The van der Waals surface area contributed by atoms with Crippen LogP contribution in [-0.4, -0.2) is 34.0 Å². The number of carbonyl (C=O) groups is 1. The second-order valence-corrected chi connectivity index (χ2v) is 5.47. The Kier molecular flexibility index (Phi) is 5.35. The van der Waals surface area contributed by atoms with Crippen LogP contribution in [0.3, 0.4) is 0 Å². The summed E-state index contributed by atoms with van der Waals surface area (Å²) in [6.07, 6.45) is 4.27. The summed E-state index contributed by atoms with van der Waals surface area (Å²) < 4.78 is 1.62. The molecular weight excluding hydrogens is 244 g/mol. The number of carbonyl (C=O) groups excluding carboxylic acids is 1. The van der Waals surface area contributed by atoms with Crippen LogP contribution in [0.5, 0.6) is 0 Å². The first-order valence-corrected chi connectivity index (χ1v) is 6.54. The van der Waals surface area contributed by atoms with Gasteiger partial charge in [-0.3, -0.25) is 4.68 Å². The fourth-order valence-electron chi connectivity index (χ4n) is 1.59. The Balaban J connectivity index is 2.36. The lowest BCUT2D eigenvalue weighted by atomic mass is 10.00. The number of amides is 2. The number of aryl methyl sites for hydroxylation is 1. The van der Waals surface area contributed by atoms with Crippen molar-refractivity contribution in [2.24, 2.45) is 13.0 Å². The molecule has 1 rings (SSSR count). The van der Waals surface area contributed by atoms with E-state index in [4.69, 9.17) is 0 Å². The van der Waals surface area contributed by atoms with E-state index in [2.05, 4.69) is 29.6 Å². The highest BCUT2D eigenvalue weighted by molar-refractivity contribution is 5.73. The molecule has 0 aromatic carbocycles. The Morgan fingerprint density at radius 1 is 1.53 bits per heavy atom. The first-order chi connectivity index (χ1) is 8.81. The van der Waals surface area contributed by atoms with Gasteiger partial charge in [0.1, 0.15) is 5.60 Å². The molecule has 1 atom stereocenters. The molecule has 108 valence electrons. The van der Waals surface area contributed by atoms with E-state index in [0.717, 1.165) is 6.42 Å². The van der Waals surface area contributed by atoms with Crippen molar-refractivity contribution in [3.8, 4) is 0 Å². The van der Waals surface area contributed by atoms with E-state index >= 15 is 0 Å². The molecule has 0 fully saturated rings. The number of aliphatic hydroxyl groups is 1. The Hall–Kier alpha value is -1.56. The maximum absolute atomic E-state index is 11.6. The molecular formula is C13H24N4O2. The zero-order valence-electron chi connectivity index (χ0n) is 12.1. The third-order valence-electron chi connectivity index (χ3n) is 2.93. The first kappa shape index (κ1) is 15.5. The molecule has 0 saturated carbocycles. The molecule has 1 aromatic rings. The molecule has 1 aromatic heterocycles. The molecule has 0 aliphatic rings. The highest BCUT2D eigenvalue weighted by Crippen LogP contribution is 2.18. The second kappa shape index (κ2) is 6.56. The van der Waals surface area contributed by atoms with Gasteiger partial charge in [-0.15, -0.1) is 0 Å². The molecule has 0 spiro atoms. The number of hydrogen-bond acceptors (Lipinski definition) is 3. The van der Waals surface area contributed by atoms with Crippen LogP contribution < -0.4 is 10.6 Å². The summed E-state index contributed by atoms with van der Waals surface area (Å²) in [5, 5.41) is 19.7. The van der Waals surface area contributed by atoms with Crippen molar-refractivity contribution in [1.82, 2.24) is 20.4 Å². The standard InChI is InChI=1S/C13H24N4O2/c1-10(2)5-6-14-12(18)15-9-13(3,19)11-7-16-17(4)8-11/h7-8,10,19H,5-6,9H2,1-4H3,(H2,14,15,18). The van der Waals surface area contributed by atoms with Crippen molar-refractivity contribution in [2.45, 2.75) is 32.8 Å². The largest absolute Gasteiger partial charge is 0.383 e. The Labute approximate surface area is 114 Å². The van der Waals surface area contributed by atoms with Crippen LogP contribution in [0.25, 0.3) is 0 Å². The third-order valence-corrected chi connectivity index (χ3v) is 2.93. The van der Waals surface area contributed by atoms with Crippen molar-refractivity contribution >= 4 is 6.03 Å². The lowest BCUT2D eigenvalue weighted by Crippen LogP contribution is -2.43. The molecule has 0 aliphatic heterocycles. The van der Waals surface area contributed by atoms with Crippen LogP contribution in [0.2, 0.25) is 0 Å². The second-order valence-electron chi connectivity index (χ2n) is 5.47. The van der Waals surface area contributed by atoms with Crippen molar-refractivity contribution in [3.63, 3.8) is 0 Å². The van der Waals surface area contributed by atoms with Crippen molar-refractivity contribution in [1.29, 1.82) is 0 Å². The van der Waals surface area contributed by atoms with E-state index in [9.17, 15) is 9.90 Å². The zero-order chi connectivity index (χ0) is 14.5. The maximum atomic E-state index is 11.6. The monoisotopic (exact) mass is 268 g/mol. The summed E-state index contributed by atoms with van der Waals surface area (Å²) in [5.41, 5.74) is -0.443. The highest BCUT2D eigenvalue weighted by Gasteiger charge is 2.25. The van der Waals surface area contributed by atoms with Gasteiger partial charge in [0.05, 0.1) is 12.7 Å². The molecule has 3 N–H and O–H groups in total. The molecule has 19 heavy (non-hydrogen) atoms. The summed E-state index contributed by atoms with van der Waals surface area (Å²) in [6.45, 7) is 6.64. The molecule has 0 saturated heterocycles. The summed E-state index contributed by atoms with van der Waals surface area (Å²) >= 11 is 0. The van der Waals surface area contributed by atoms with Gasteiger partial charge in [0, 0.05) is 25.4 Å². The number of nitrogens with one attached hydrogen (secondary N) is 2. The van der Waals surface area contributed by atoms with E-state index in [0.29, 0.717) is 18.0 Å². The fourth-order valence-corrected chi connectivity index (χ4v) is 1.59. The van der Waals surface area contributed by atoms with Crippen LogP contribution in [0.1, 0.15) is 32.8 Å². The van der Waals surface area contributed by atoms with E-state index in [1.54, 1.807) is 31.0 Å². The lowest BCUT2D eigenvalue weighted by Gasteiger charge is -2.22. The first-order valence-electron chi connectivity index (χ1n) is 6.54. The predicted molar refractivity (Wildman–Crippen MR) is 73.6 cm³/mol. The van der Waals surface area contributed by atoms with Gasteiger partial charge in [-0.25, -0.2) is 4.79 Å². The van der Waals surface area contributed by atoms with Crippen LogP contribution in [-0.2, 0) is 12.6 Å². The maximum Gasteiger partial charge on any atom is 0.314 e. The van der Waals surface area contributed by atoms with Crippen LogP contribution in [0.15, 0.2) is 12.4 Å². The van der Waals surface area contributed by atoms with Crippen LogP contribution in [0, 0.1) is 5.92 Å². The van der Waals surface area contributed by atoms with E-state index in [1.165, 1.54) is 0 Å². The number of aromatic nitrogens is 2. The third kappa shape index (κ3) is 5.30. The van der Waals surface area contributed by atoms with Crippen LogP contribution >= 0.6 is 0 Å². The average Bonchev–Trinajstić information content (AvgIpc) is 2.74. The average molecular weight is 268 g/mol. The van der Waals surface area contributed by atoms with Gasteiger partial charge < -0.3 is 15.7 Å². The minimum absolute atomic E-state index is 0.145. The van der Waals surface area contributed by atoms with Gasteiger partial charge in [0.2, 0.25) is 0 Å². The van der Waals surface area contributed by atoms with Crippen molar-refractivity contribution in [2.75, 3.05) is 13.1 Å². The van der Waals surface area contributed by atoms with E-state index < -0.39 is 5.60 Å². The fraction of sp³-hybridized carbons (Fsp3) is 0.692. The molecule has 0 aliphatic carbocycles. The molecule has 6 heteroatoms. The van der Waals surface area contributed by atoms with Gasteiger partial charge in [0.15, 0.2) is 0 Å². The van der Waals surface area contributed by atoms with Gasteiger partial charge in [-0.1, -0.05) is 13.8 Å². The molecule has 0 bridgehead atoms. The Morgan fingerprint density at radius 3 is 2.74 bits per heavy atom. The number of hydrogen-bond donors (Lipinski definition) is 3. The lowest BCUT2D eigenvalue weighted by molar-refractivity contribution is 0.0593. The van der Waals surface area contributed by atoms with Gasteiger partial charge in [-0.05, 0) is 19.3 Å². The van der Waals surface area contributed by atoms with Gasteiger partial charge in [0.25, 0.3) is 0 Å². The van der Waals surface area contributed by atoms with Gasteiger partial charge in [-0.2, -0.15) is 5.10 Å². The number of nitrogens with zero attached hydrogens (tertiary/aromatic N) is 2. The summed E-state index contributed by atoms with van der Waals surface area (Å²) in [7, 11) is 1.78. The summed E-state index contributed by atoms with van der Waals surface area (Å²) in [4.78, 5) is 11.6. The summed E-state index contributed by atoms with van der Waals surface area (Å²) in [5.74, 6) is 0.554. The predicted octanol–water partition coefficient (Wildman–Crippen LogP) is 0.973. The Morgan fingerprint density at radius 2 is 2.21 bits per heavy atom. The highest BCUT2D eigenvalue weighted by atomic mass is 16.3. The summed E-state index contributed by atoms with van der Waals surface area (Å²) in [6, 6.07) is -0.259. The van der Waals surface area contributed by atoms with Crippen molar-refractivity contribution in [3.05, 3.63) is 18.0 Å². The number of urea groups is 1. The van der Waals surface area contributed by atoms with E-state index in [1.807, 2.05) is 0 Å². The van der Waals surface area contributed by atoms with Crippen molar-refractivity contribution < 1.29 is 9.90 Å². The van der Waals surface area contributed by atoms with Crippen LogP contribution in [0.4, 0.5) is 4.79 Å². The molecule has 0 radical (unpaired) electrons. The van der Waals surface area contributed by atoms with Gasteiger partial charge >= 0.3 is 6.03 Å². The van der Waals surface area contributed by atoms with E-state index in [-0.39, 0.29) is 12.6 Å². The number of rotatable bonds is 6. The minimum Gasteiger partial charge on any atom is -0.383 e. The molecule has 1 heterocycles. The smallest absolute Gasteiger partial charge is 0.314 e. The zero-order valence-corrected chi connectivity index (χ0v) is 12.1.